The second-order valence-electron chi connectivity index (χ2n) is 6.83. The first kappa shape index (κ1) is 21.1. The Kier molecular flexibility index (Phi) is 7.73. The van der Waals surface area contributed by atoms with Gasteiger partial charge < -0.3 is 10.1 Å². The number of hydrogen-bond donors (Lipinski definition) is 1. The van der Waals surface area contributed by atoms with Gasteiger partial charge in [0.25, 0.3) is 0 Å². The molecule has 0 spiro atoms. The molecule has 0 bridgehead atoms. The number of ether oxygens (including phenoxy) is 1. The summed E-state index contributed by atoms with van der Waals surface area (Å²) in [6.07, 6.45) is 0. The molecule has 150 valence electrons. The number of carbonyl (C=O) groups is 1. The summed E-state index contributed by atoms with van der Waals surface area (Å²) in [5, 5.41) is 3.62. The Labute approximate surface area is 179 Å². The van der Waals surface area contributed by atoms with E-state index < -0.39 is 0 Å². The third-order valence-electron chi connectivity index (χ3n) is 4.95. The van der Waals surface area contributed by atoms with Crippen molar-refractivity contribution in [2.45, 2.75) is 13.0 Å². The molecule has 2 aromatic carbocycles. The zero-order valence-corrected chi connectivity index (χ0v) is 18.2. The number of rotatable bonds is 7. The van der Waals surface area contributed by atoms with Gasteiger partial charge in [-0.1, -0.05) is 39.7 Å². The molecule has 1 heterocycles. The van der Waals surface area contributed by atoms with Gasteiger partial charge in [0, 0.05) is 42.9 Å². The van der Waals surface area contributed by atoms with Gasteiger partial charge in [-0.15, -0.1) is 0 Å². The number of halogens is 2. The first-order valence-corrected chi connectivity index (χ1v) is 10.6. The molecule has 0 aromatic heterocycles. The molecule has 1 N–H and O–H groups in total. The van der Waals surface area contributed by atoms with E-state index in [1.54, 1.807) is 0 Å². The van der Waals surface area contributed by atoms with E-state index in [0.717, 1.165) is 48.6 Å². The van der Waals surface area contributed by atoms with Gasteiger partial charge in [0.2, 0.25) is 5.91 Å². The van der Waals surface area contributed by atoms with E-state index in [1.807, 2.05) is 55.5 Å². The lowest BCUT2D eigenvalue weighted by Gasteiger charge is -2.37. The summed E-state index contributed by atoms with van der Waals surface area (Å²) in [5.41, 5.74) is 0.815. The number of benzene rings is 2. The molecule has 1 saturated heterocycles. The van der Waals surface area contributed by atoms with Crippen molar-refractivity contribution in [3.8, 4) is 5.75 Å². The highest BCUT2D eigenvalue weighted by Crippen LogP contribution is 2.23. The maximum atomic E-state index is 12.5. The number of nitrogens with zero attached hydrogens (tertiary/aromatic N) is 2. The Morgan fingerprint density at radius 3 is 2.50 bits per heavy atom. The minimum absolute atomic E-state index is 0.0258. The molecule has 1 aliphatic rings. The van der Waals surface area contributed by atoms with Crippen LogP contribution >= 0.6 is 27.5 Å². The summed E-state index contributed by atoms with van der Waals surface area (Å²) in [6.45, 7) is 6.97. The van der Waals surface area contributed by atoms with E-state index in [4.69, 9.17) is 16.3 Å². The molecule has 1 aliphatic heterocycles. The fourth-order valence-corrected chi connectivity index (χ4v) is 3.62. The van der Waals surface area contributed by atoms with Crippen LogP contribution in [0.25, 0.3) is 0 Å². The van der Waals surface area contributed by atoms with Crippen LogP contribution < -0.4 is 10.1 Å². The van der Waals surface area contributed by atoms with Crippen molar-refractivity contribution >= 4 is 39.1 Å². The van der Waals surface area contributed by atoms with Crippen LogP contribution in [0.2, 0.25) is 5.02 Å². The van der Waals surface area contributed by atoms with Gasteiger partial charge >= 0.3 is 0 Å². The molecule has 3 rings (SSSR count). The Hall–Kier alpha value is -1.60. The van der Waals surface area contributed by atoms with Crippen molar-refractivity contribution in [3.63, 3.8) is 0 Å². The molecule has 1 fully saturated rings. The van der Waals surface area contributed by atoms with Crippen LogP contribution in [-0.4, -0.2) is 61.1 Å². The first-order chi connectivity index (χ1) is 13.5. The topological polar surface area (TPSA) is 44.8 Å². The standard InChI is InChI=1S/C21H25BrClN3O2/c1-16(21(27)24-18-8-6-17(22)7-9-18)26-12-10-25(11-13-26)14-15-28-20-5-3-2-4-19(20)23/h2-9,16H,10-15H2,1H3,(H,24,27)/t16-/m1/s1. The van der Waals surface area contributed by atoms with E-state index in [-0.39, 0.29) is 11.9 Å². The van der Waals surface area contributed by atoms with Gasteiger partial charge in [0.05, 0.1) is 11.1 Å². The summed E-state index contributed by atoms with van der Waals surface area (Å²) in [7, 11) is 0. The molecule has 0 saturated carbocycles. The number of carbonyl (C=O) groups excluding carboxylic acids is 1. The number of hydrogen-bond acceptors (Lipinski definition) is 4. The Morgan fingerprint density at radius 2 is 1.82 bits per heavy atom. The molecule has 0 unspecified atom stereocenters. The van der Waals surface area contributed by atoms with Gasteiger partial charge in [-0.05, 0) is 43.3 Å². The minimum atomic E-state index is -0.162. The third kappa shape index (κ3) is 5.95. The number of piperazine rings is 1. The maximum absolute atomic E-state index is 12.5. The smallest absolute Gasteiger partial charge is 0.241 e. The van der Waals surface area contributed by atoms with E-state index in [0.29, 0.717) is 11.6 Å². The fraction of sp³-hybridized carbons (Fsp3) is 0.381. The minimum Gasteiger partial charge on any atom is -0.491 e. The summed E-state index contributed by atoms with van der Waals surface area (Å²) in [6, 6.07) is 15.0. The van der Waals surface area contributed by atoms with Crippen molar-refractivity contribution in [1.82, 2.24) is 9.80 Å². The first-order valence-electron chi connectivity index (χ1n) is 9.43. The van der Waals surface area contributed by atoms with Gasteiger partial charge in [-0.25, -0.2) is 0 Å². The molecule has 1 amide bonds. The highest BCUT2D eigenvalue weighted by atomic mass is 79.9. The third-order valence-corrected chi connectivity index (χ3v) is 5.79. The highest BCUT2D eigenvalue weighted by molar-refractivity contribution is 9.10. The van der Waals surface area contributed by atoms with E-state index in [9.17, 15) is 4.79 Å². The average molecular weight is 467 g/mol. The molecule has 0 radical (unpaired) electrons. The van der Waals surface area contributed by atoms with Crippen LogP contribution in [0.1, 0.15) is 6.92 Å². The predicted octanol–water partition coefficient (Wildman–Crippen LogP) is 4.13. The summed E-state index contributed by atoms with van der Waals surface area (Å²) < 4.78 is 6.77. The molecule has 1 atom stereocenters. The second-order valence-corrected chi connectivity index (χ2v) is 8.15. The van der Waals surface area contributed by atoms with Crippen molar-refractivity contribution < 1.29 is 9.53 Å². The normalized spacial score (nSPS) is 16.5. The van der Waals surface area contributed by atoms with Crippen molar-refractivity contribution in [3.05, 3.63) is 58.0 Å². The number of nitrogens with one attached hydrogen (secondary N) is 1. The van der Waals surface area contributed by atoms with E-state index in [1.165, 1.54) is 0 Å². The van der Waals surface area contributed by atoms with Crippen molar-refractivity contribution in [2.24, 2.45) is 0 Å². The molecule has 7 heteroatoms. The zero-order chi connectivity index (χ0) is 19.9. The molecule has 28 heavy (non-hydrogen) atoms. The monoisotopic (exact) mass is 465 g/mol. The van der Waals surface area contributed by atoms with Gasteiger partial charge in [0.15, 0.2) is 0 Å². The molecule has 0 aliphatic carbocycles. The molecule has 2 aromatic rings. The lowest BCUT2D eigenvalue weighted by molar-refractivity contribution is -0.121. The van der Waals surface area contributed by atoms with Crippen LogP contribution in [0.4, 0.5) is 5.69 Å². The SMILES string of the molecule is C[C@H](C(=O)Nc1ccc(Br)cc1)N1CCN(CCOc2ccccc2Cl)CC1. The van der Waals surface area contributed by atoms with Crippen LogP contribution in [-0.2, 0) is 4.79 Å². The number of para-hydroxylation sites is 1. The van der Waals surface area contributed by atoms with Gasteiger partial charge in [0.1, 0.15) is 12.4 Å². The lowest BCUT2D eigenvalue weighted by atomic mass is 10.2. The van der Waals surface area contributed by atoms with Crippen LogP contribution in [0.3, 0.4) is 0 Å². The van der Waals surface area contributed by atoms with Crippen LogP contribution in [0, 0.1) is 0 Å². The Bertz CT molecular complexity index is 779. The van der Waals surface area contributed by atoms with Crippen molar-refractivity contribution in [2.75, 3.05) is 44.6 Å². The molecule has 5 nitrogen and oxygen atoms in total. The summed E-state index contributed by atoms with van der Waals surface area (Å²) >= 11 is 9.51. The second kappa shape index (κ2) is 10.3. The van der Waals surface area contributed by atoms with Crippen LogP contribution in [0.5, 0.6) is 5.75 Å². The zero-order valence-electron chi connectivity index (χ0n) is 15.9. The van der Waals surface area contributed by atoms with E-state index in [2.05, 4.69) is 31.0 Å². The predicted molar refractivity (Wildman–Crippen MR) is 117 cm³/mol. The summed E-state index contributed by atoms with van der Waals surface area (Å²) in [4.78, 5) is 17.1. The summed E-state index contributed by atoms with van der Waals surface area (Å²) in [5.74, 6) is 0.749. The fourth-order valence-electron chi connectivity index (χ4n) is 3.17. The molecular formula is C21H25BrClN3O2. The van der Waals surface area contributed by atoms with Gasteiger partial charge in [-0.3, -0.25) is 14.6 Å². The highest BCUT2D eigenvalue weighted by Gasteiger charge is 2.25. The lowest BCUT2D eigenvalue weighted by Crippen LogP contribution is -2.53. The molecular weight excluding hydrogens is 442 g/mol. The average Bonchev–Trinajstić information content (AvgIpc) is 2.71. The number of amides is 1. The largest absolute Gasteiger partial charge is 0.491 e. The van der Waals surface area contributed by atoms with E-state index >= 15 is 0 Å². The Morgan fingerprint density at radius 1 is 1.14 bits per heavy atom. The van der Waals surface area contributed by atoms with Gasteiger partial charge in [-0.2, -0.15) is 0 Å². The Balaban J connectivity index is 1.39. The maximum Gasteiger partial charge on any atom is 0.241 e. The van der Waals surface area contributed by atoms with Crippen LogP contribution in [0.15, 0.2) is 53.0 Å². The number of anilines is 1. The van der Waals surface area contributed by atoms with Crippen molar-refractivity contribution in [1.29, 1.82) is 0 Å². The quantitative estimate of drug-likeness (QED) is 0.666.